The molecule has 12 heavy (non-hydrogen) atoms. The zero-order valence-electron chi connectivity index (χ0n) is 6.63. The zero-order chi connectivity index (χ0) is 7.88. The van der Waals surface area contributed by atoms with Crippen molar-refractivity contribution >= 4 is 31.9 Å². The lowest BCUT2D eigenvalue weighted by Gasteiger charge is -3.12. The molecular weight excluding hydrogens is 280 g/mol. The maximum Gasteiger partial charge on any atom is 0.00965 e. The highest BCUT2D eigenvalue weighted by atomic mass is 79.9. The molecule has 2 heteroatoms. The molecule has 0 aromatic heterocycles. The summed E-state index contributed by atoms with van der Waals surface area (Å²) in [4.78, 5) is 0. The van der Waals surface area contributed by atoms with Crippen molar-refractivity contribution in [3.05, 3.63) is 0 Å². The normalized spacial score (nSPS) is 88.5. The van der Waals surface area contributed by atoms with Crippen LogP contribution in [0, 0.1) is 46.3 Å². The number of hydrogen-bond donors (Lipinski definition) is 0. The zero-order valence-corrected chi connectivity index (χ0v) is 9.81. The fourth-order valence-electron chi connectivity index (χ4n) is 6.51. The molecular formula is C10H10Br2. The van der Waals surface area contributed by atoms with Gasteiger partial charge in [0, 0.05) is 10.7 Å². The second-order valence-electron chi connectivity index (χ2n) is 5.65. The quantitative estimate of drug-likeness (QED) is 0.686. The smallest absolute Gasteiger partial charge is 0.00965 e. The van der Waals surface area contributed by atoms with Crippen molar-refractivity contribution < 1.29 is 0 Å². The van der Waals surface area contributed by atoms with Gasteiger partial charge >= 0.3 is 0 Å². The molecule has 6 rings (SSSR count). The van der Waals surface area contributed by atoms with Crippen LogP contribution >= 0.6 is 31.9 Å². The SMILES string of the molecule is BrCC12C3C4C1C1C2C3C41CBr. The van der Waals surface area contributed by atoms with Crippen LogP contribution in [0.25, 0.3) is 0 Å². The molecule has 0 saturated heterocycles. The van der Waals surface area contributed by atoms with Crippen molar-refractivity contribution in [2.75, 3.05) is 10.7 Å². The van der Waals surface area contributed by atoms with E-state index in [1.807, 2.05) is 0 Å². The molecule has 0 aromatic carbocycles. The lowest BCUT2D eigenvalue weighted by atomic mass is 8.93. The molecule has 0 spiro atoms. The van der Waals surface area contributed by atoms with Gasteiger partial charge in [0.25, 0.3) is 0 Å². The largest absolute Gasteiger partial charge is 0.0922 e. The van der Waals surface area contributed by atoms with Gasteiger partial charge in [-0.3, -0.25) is 0 Å². The average Bonchev–Trinajstić information content (AvgIpc) is 2.17. The molecule has 0 nitrogen and oxygen atoms in total. The van der Waals surface area contributed by atoms with Crippen molar-refractivity contribution in [2.24, 2.45) is 46.3 Å². The van der Waals surface area contributed by atoms with Gasteiger partial charge in [0.2, 0.25) is 0 Å². The van der Waals surface area contributed by atoms with Crippen LogP contribution in [0.3, 0.4) is 0 Å². The van der Waals surface area contributed by atoms with Crippen LogP contribution in [0.15, 0.2) is 0 Å². The molecule has 0 heterocycles. The molecule has 6 saturated carbocycles. The first kappa shape index (κ1) is 6.44. The van der Waals surface area contributed by atoms with E-state index in [2.05, 4.69) is 31.9 Å². The standard InChI is InChI=1S/C10H10Br2/c11-1-9-3-6-4(9)8-5(9)7(3)10(6,8)2-12/h3-8H,1-2H2. The summed E-state index contributed by atoms with van der Waals surface area (Å²) >= 11 is 7.46. The van der Waals surface area contributed by atoms with Gasteiger partial charge in [-0.05, 0) is 46.3 Å². The van der Waals surface area contributed by atoms with E-state index in [9.17, 15) is 0 Å². The van der Waals surface area contributed by atoms with Crippen molar-refractivity contribution in [3.8, 4) is 0 Å². The molecule has 6 aliphatic carbocycles. The Morgan fingerprint density at radius 3 is 1.08 bits per heavy atom. The number of hydrogen-bond acceptors (Lipinski definition) is 0. The molecule has 0 aromatic rings. The van der Waals surface area contributed by atoms with Gasteiger partial charge in [-0.1, -0.05) is 31.9 Å². The van der Waals surface area contributed by atoms with Crippen LogP contribution in [0.4, 0.5) is 0 Å². The van der Waals surface area contributed by atoms with Gasteiger partial charge in [-0.2, -0.15) is 0 Å². The van der Waals surface area contributed by atoms with Gasteiger partial charge in [0.05, 0.1) is 0 Å². The second kappa shape index (κ2) is 1.32. The van der Waals surface area contributed by atoms with Crippen LogP contribution in [-0.4, -0.2) is 10.7 Å². The van der Waals surface area contributed by atoms with E-state index in [0.29, 0.717) is 0 Å². The minimum atomic E-state index is 0.879. The van der Waals surface area contributed by atoms with Gasteiger partial charge in [0.15, 0.2) is 0 Å². The van der Waals surface area contributed by atoms with E-state index in [0.717, 1.165) is 10.8 Å². The van der Waals surface area contributed by atoms with Crippen LogP contribution in [0.1, 0.15) is 0 Å². The summed E-state index contributed by atoms with van der Waals surface area (Å²) in [5, 5.41) is 2.64. The Labute approximate surface area is 88.7 Å². The molecule has 0 amide bonds. The third-order valence-corrected chi connectivity index (χ3v) is 8.45. The summed E-state index contributed by atoms with van der Waals surface area (Å²) in [6, 6.07) is 0. The summed E-state index contributed by atoms with van der Waals surface area (Å²) in [7, 11) is 0. The lowest BCUT2D eigenvalue weighted by molar-refractivity contribution is -0.645. The first-order valence-corrected chi connectivity index (χ1v) is 7.22. The number of rotatable bonds is 2. The van der Waals surface area contributed by atoms with Gasteiger partial charge in [-0.15, -0.1) is 0 Å². The highest BCUT2D eigenvalue weighted by Crippen LogP contribution is 3.10. The molecule has 0 bridgehead atoms. The molecule has 0 N–H and O–H groups in total. The fourth-order valence-corrected chi connectivity index (χ4v) is 8.75. The second-order valence-corrected chi connectivity index (χ2v) is 6.77. The van der Waals surface area contributed by atoms with Crippen molar-refractivity contribution in [3.63, 3.8) is 0 Å². The Morgan fingerprint density at radius 1 is 0.667 bits per heavy atom. The van der Waals surface area contributed by atoms with E-state index in [1.165, 1.54) is 46.2 Å². The van der Waals surface area contributed by atoms with E-state index in [4.69, 9.17) is 0 Å². The number of halogens is 2. The Kier molecular flexibility index (Phi) is 0.710. The Balaban J connectivity index is 1.67. The minimum absolute atomic E-state index is 0.879. The molecule has 0 atom stereocenters. The summed E-state index contributed by atoms with van der Waals surface area (Å²) in [6.07, 6.45) is 0. The minimum Gasteiger partial charge on any atom is -0.0922 e. The van der Waals surface area contributed by atoms with Crippen LogP contribution < -0.4 is 0 Å². The third-order valence-electron chi connectivity index (χ3n) is 6.51. The van der Waals surface area contributed by atoms with Crippen molar-refractivity contribution in [2.45, 2.75) is 0 Å². The van der Waals surface area contributed by atoms with Crippen molar-refractivity contribution in [1.82, 2.24) is 0 Å². The highest BCUT2D eigenvalue weighted by Gasteiger charge is 3.08. The predicted molar refractivity (Wildman–Crippen MR) is 53.4 cm³/mol. The highest BCUT2D eigenvalue weighted by molar-refractivity contribution is 9.09. The fraction of sp³-hybridized carbons (Fsp3) is 1.00. The Hall–Kier alpha value is 0.960. The van der Waals surface area contributed by atoms with Gasteiger partial charge in [-0.25, -0.2) is 0 Å². The monoisotopic (exact) mass is 288 g/mol. The molecule has 0 aliphatic heterocycles. The maximum absolute atomic E-state index is 3.73. The first-order valence-electron chi connectivity index (χ1n) is 4.97. The molecule has 64 valence electrons. The van der Waals surface area contributed by atoms with Crippen LogP contribution in [0.5, 0.6) is 0 Å². The van der Waals surface area contributed by atoms with Crippen molar-refractivity contribution in [1.29, 1.82) is 0 Å². The van der Waals surface area contributed by atoms with E-state index in [-0.39, 0.29) is 0 Å². The van der Waals surface area contributed by atoms with E-state index < -0.39 is 0 Å². The molecule has 0 radical (unpaired) electrons. The molecule has 6 fully saturated rings. The first-order chi connectivity index (χ1) is 5.85. The third kappa shape index (κ3) is 0.242. The summed E-state index contributed by atoms with van der Waals surface area (Å²) < 4.78 is 0. The van der Waals surface area contributed by atoms with Crippen LogP contribution in [0.2, 0.25) is 0 Å². The van der Waals surface area contributed by atoms with Crippen LogP contribution in [-0.2, 0) is 0 Å². The van der Waals surface area contributed by atoms with E-state index >= 15 is 0 Å². The van der Waals surface area contributed by atoms with Gasteiger partial charge in [0.1, 0.15) is 0 Å². The molecule has 6 aliphatic rings. The number of alkyl halides is 2. The average molecular weight is 290 g/mol. The van der Waals surface area contributed by atoms with Gasteiger partial charge < -0.3 is 0 Å². The predicted octanol–water partition coefficient (Wildman–Crippen LogP) is 2.51. The summed E-state index contributed by atoms with van der Waals surface area (Å²) in [5.41, 5.74) is 1.76. The maximum atomic E-state index is 3.73. The lowest BCUT2D eigenvalue weighted by Crippen LogP contribution is -3.10. The van der Waals surface area contributed by atoms with E-state index in [1.54, 1.807) is 0 Å². The summed E-state index contributed by atoms with van der Waals surface area (Å²) in [5.74, 6) is 7.14. The Bertz CT molecular complexity index is 236. The Morgan fingerprint density at radius 2 is 0.917 bits per heavy atom. The summed E-state index contributed by atoms with van der Waals surface area (Å²) in [6.45, 7) is 0. The topological polar surface area (TPSA) is 0 Å². The molecule has 0 unspecified atom stereocenters.